The van der Waals surface area contributed by atoms with E-state index >= 15 is 0 Å². The van der Waals surface area contributed by atoms with Gasteiger partial charge in [0.05, 0.1) is 6.04 Å². The highest BCUT2D eigenvalue weighted by molar-refractivity contribution is 5.81. The lowest BCUT2D eigenvalue weighted by Gasteiger charge is -2.22. The second kappa shape index (κ2) is 7.58. The van der Waals surface area contributed by atoms with E-state index in [1.54, 1.807) is 6.92 Å². The molecule has 0 saturated carbocycles. The van der Waals surface area contributed by atoms with Gasteiger partial charge in [-0.05, 0) is 27.8 Å². The molecular weight excluding hydrogens is 247 g/mol. The van der Waals surface area contributed by atoms with Gasteiger partial charge in [0.15, 0.2) is 0 Å². The Hall–Kier alpha value is -0.820. The van der Waals surface area contributed by atoms with E-state index in [4.69, 9.17) is 0 Å². The molecule has 18 heavy (non-hydrogen) atoms. The average molecular weight is 269 g/mol. The van der Waals surface area contributed by atoms with Crippen LogP contribution in [0.1, 0.15) is 20.8 Å². The molecule has 0 spiro atoms. The molecule has 0 radical (unpaired) electrons. The fraction of sp³-hybridized carbons (Fsp3) is 0.909. The van der Waals surface area contributed by atoms with Gasteiger partial charge in [-0.2, -0.15) is 13.2 Å². The van der Waals surface area contributed by atoms with Gasteiger partial charge in [-0.1, -0.05) is 0 Å². The summed E-state index contributed by atoms with van der Waals surface area (Å²) in [5.41, 5.74) is 0. The number of rotatable bonds is 7. The predicted octanol–water partition coefficient (Wildman–Crippen LogP) is 0.983. The Morgan fingerprint density at radius 3 is 2.28 bits per heavy atom. The molecule has 0 heterocycles. The van der Waals surface area contributed by atoms with Gasteiger partial charge in [0, 0.05) is 19.1 Å². The number of carbonyl (C=O) groups excluding carboxylic acids is 1. The smallest absolute Gasteiger partial charge is 0.346 e. The summed E-state index contributed by atoms with van der Waals surface area (Å²) >= 11 is 0. The highest BCUT2D eigenvalue weighted by atomic mass is 19.4. The largest absolute Gasteiger partial charge is 0.405 e. The zero-order valence-corrected chi connectivity index (χ0v) is 11.3. The van der Waals surface area contributed by atoms with E-state index in [9.17, 15) is 18.0 Å². The van der Waals surface area contributed by atoms with Gasteiger partial charge in [0.2, 0.25) is 5.91 Å². The van der Waals surface area contributed by atoms with Gasteiger partial charge in [0.1, 0.15) is 6.54 Å². The molecule has 0 aliphatic rings. The Kier molecular flexibility index (Phi) is 7.23. The third kappa shape index (κ3) is 8.30. The number of likely N-dealkylation sites (N-methyl/N-ethyl adjacent to an activating group) is 1. The van der Waals surface area contributed by atoms with E-state index < -0.39 is 24.7 Å². The first-order valence-corrected chi connectivity index (χ1v) is 5.91. The Balaban J connectivity index is 3.82. The van der Waals surface area contributed by atoms with Crippen molar-refractivity contribution in [2.45, 2.75) is 39.0 Å². The molecule has 0 aromatic heterocycles. The fourth-order valence-electron chi connectivity index (χ4n) is 1.15. The molecule has 0 aromatic carbocycles. The topological polar surface area (TPSA) is 44.4 Å². The summed E-state index contributed by atoms with van der Waals surface area (Å²) in [5.74, 6) is -0.639. The lowest BCUT2D eigenvalue weighted by atomic mass is 10.3. The van der Waals surface area contributed by atoms with Crippen LogP contribution in [-0.4, -0.2) is 55.7 Å². The molecule has 1 atom stereocenters. The van der Waals surface area contributed by atoms with Crippen molar-refractivity contribution in [3.63, 3.8) is 0 Å². The van der Waals surface area contributed by atoms with Crippen molar-refractivity contribution < 1.29 is 18.0 Å². The van der Waals surface area contributed by atoms with Crippen LogP contribution in [0.4, 0.5) is 13.2 Å². The number of carbonyl (C=O) groups is 1. The highest BCUT2D eigenvalue weighted by Gasteiger charge is 2.28. The molecule has 0 fully saturated rings. The van der Waals surface area contributed by atoms with E-state index in [0.29, 0.717) is 12.6 Å². The van der Waals surface area contributed by atoms with Gasteiger partial charge in [-0.3, -0.25) is 4.79 Å². The lowest BCUT2D eigenvalue weighted by Crippen LogP contribution is -2.47. The van der Waals surface area contributed by atoms with Gasteiger partial charge in [-0.25, -0.2) is 0 Å². The minimum atomic E-state index is -4.37. The molecule has 0 rings (SSSR count). The maximum atomic E-state index is 11.9. The molecule has 7 heteroatoms. The molecule has 0 aliphatic heterocycles. The predicted molar refractivity (Wildman–Crippen MR) is 64.3 cm³/mol. The molecule has 0 bridgehead atoms. The number of alkyl halides is 3. The number of halogens is 3. The van der Waals surface area contributed by atoms with Gasteiger partial charge in [0.25, 0.3) is 0 Å². The van der Waals surface area contributed by atoms with Gasteiger partial charge >= 0.3 is 6.18 Å². The zero-order chi connectivity index (χ0) is 14.3. The highest BCUT2D eigenvalue weighted by Crippen LogP contribution is 2.12. The van der Waals surface area contributed by atoms with Crippen LogP contribution in [0.25, 0.3) is 0 Å². The first kappa shape index (κ1) is 17.2. The Morgan fingerprint density at radius 1 is 1.28 bits per heavy atom. The zero-order valence-electron chi connectivity index (χ0n) is 11.3. The number of nitrogens with zero attached hydrogens (tertiary/aromatic N) is 1. The van der Waals surface area contributed by atoms with Crippen LogP contribution in [0, 0.1) is 0 Å². The van der Waals surface area contributed by atoms with Gasteiger partial charge in [-0.15, -0.1) is 0 Å². The number of nitrogens with one attached hydrogen (secondary N) is 2. The normalized spacial score (nSPS) is 14.1. The van der Waals surface area contributed by atoms with Crippen molar-refractivity contribution in [2.75, 3.05) is 26.7 Å². The van der Waals surface area contributed by atoms with Crippen LogP contribution in [0.5, 0.6) is 0 Å². The summed E-state index contributed by atoms with van der Waals surface area (Å²) in [6.07, 6.45) is -4.37. The van der Waals surface area contributed by atoms with Crippen molar-refractivity contribution in [1.82, 2.24) is 15.5 Å². The number of amides is 1. The summed E-state index contributed by atoms with van der Waals surface area (Å²) in [5, 5.41) is 4.73. The molecular formula is C11H22F3N3O. The molecule has 1 amide bonds. The second-order valence-corrected chi connectivity index (χ2v) is 4.58. The fourth-order valence-corrected chi connectivity index (χ4v) is 1.15. The van der Waals surface area contributed by atoms with Crippen molar-refractivity contribution in [3.05, 3.63) is 0 Å². The van der Waals surface area contributed by atoms with Gasteiger partial charge < -0.3 is 15.5 Å². The summed E-state index contributed by atoms with van der Waals surface area (Å²) in [7, 11) is 1.95. The van der Waals surface area contributed by atoms with Crippen molar-refractivity contribution in [3.8, 4) is 0 Å². The monoisotopic (exact) mass is 269 g/mol. The minimum Gasteiger partial charge on any atom is -0.346 e. The van der Waals surface area contributed by atoms with Crippen molar-refractivity contribution >= 4 is 5.91 Å². The number of hydrogen-bond donors (Lipinski definition) is 2. The third-order valence-electron chi connectivity index (χ3n) is 2.65. The third-order valence-corrected chi connectivity index (χ3v) is 2.65. The van der Waals surface area contributed by atoms with Crippen molar-refractivity contribution in [2.24, 2.45) is 0 Å². The Labute approximate surface area is 106 Å². The molecule has 0 aromatic rings. The molecule has 2 N–H and O–H groups in total. The Bertz CT molecular complexity index is 256. The van der Waals surface area contributed by atoms with Crippen LogP contribution in [-0.2, 0) is 4.79 Å². The summed E-state index contributed by atoms with van der Waals surface area (Å²) < 4.78 is 35.7. The van der Waals surface area contributed by atoms with E-state index in [2.05, 4.69) is 10.2 Å². The molecule has 108 valence electrons. The lowest BCUT2D eigenvalue weighted by molar-refractivity contribution is -0.139. The van der Waals surface area contributed by atoms with Crippen LogP contribution >= 0.6 is 0 Å². The quantitative estimate of drug-likeness (QED) is 0.724. The maximum absolute atomic E-state index is 11.9. The molecule has 1 unspecified atom stereocenters. The standard InChI is InChI=1S/C11H22F3N3O/c1-8(2)17(4)6-5-15-9(3)10(18)16-7-11(12,13)14/h8-9,15H,5-7H2,1-4H3,(H,16,18). The number of hydrogen-bond acceptors (Lipinski definition) is 3. The van der Waals surface area contributed by atoms with E-state index in [1.165, 1.54) is 0 Å². The second-order valence-electron chi connectivity index (χ2n) is 4.58. The minimum absolute atomic E-state index is 0.390. The van der Waals surface area contributed by atoms with E-state index in [0.717, 1.165) is 6.54 Å². The van der Waals surface area contributed by atoms with Crippen LogP contribution in [0.15, 0.2) is 0 Å². The first-order valence-electron chi connectivity index (χ1n) is 5.91. The molecule has 4 nitrogen and oxygen atoms in total. The van der Waals surface area contributed by atoms with E-state index in [-0.39, 0.29) is 0 Å². The van der Waals surface area contributed by atoms with Crippen LogP contribution in [0.3, 0.4) is 0 Å². The summed E-state index contributed by atoms with van der Waals surface area (Å²) in [6, 6.07) is -0.242. The molecule has 0 saturated heterocycles. The SMILES string of the molecule is CC(NCCN(C)C(C)C)C(=O)NCC(F)(F)F. The first-order chi connectivity index (χ1) is 8.13. The van der Waals surface area contributed by atoms with Crippen molar-refractivity contribution in [1.29, 1.82) is 0 Å². The summed E-state index contributed by atoms with van der Waals surface area (Å²) in [4.78, 5) is 13.4. The van der Waals surface area contributed by atoms with E-state index in [1.807, 2.05) is 26.2 Å². The average Bonchev–Trinajstić information content (AvgIpc) is 2.24. The summed E-state index contributed by atoms with van der Waals surface area (Å²) in [6.45, 7) is 5.62. The Morgan fingerprint density at radius 2 is 1.83 bits per heavy atom. The molecule has 0 aliphatic carbocycles. The van der Waals surface area contributed by atoms with Crippen LogP contribution < -0.4 is 10.6 Å². The van der Waals surface area contributed by atoms with Crippen LogP contribution in [0.2, 0.25) is 0 Å². The maximum Gasteiger partial charge on any atom is 0.405 e.